The van der Waals surface area contributed by atoms with Crippen molar-refractivity contribution in [2.45, 2.75) is 36.7 Å². The van der Waals surface area contributed by atoms with Crippen LogP contribution in [0.5, 0.6) is 0 Å². The van der Waals surface area contributed by atoms with E-state index in [-0.39, 0.29) is 6.67 Å². The van der Waals surface area contributed by atoms with Gasteiger partial charge in [0.25, 0.3) is 0 Å². The maximum atomic E-state index is 11.5. The van der Waals surface area contributed by atoms with Gasteiger partial charge in [-0.3, -0.25) is 14.8 Å². The Labute approximate surface area is 152 Å². The molecule has 0 spiro atoms. The van der Waals surface area contributed by atoms with Crippen LogP contribution in [-0.4, -0.2) is 92.0 Å². The summed E-state index contributed by atoms with van der Waals surface area (Å²) in [7, 11) is -10.4. The van der Waals surface area contributed by atoms with E-state index >= 15 is 0 Å². The number of aliphatic hydroxyl groups is 2. The lowest BCUT2D eigenvalue weighted by Crippen LogP contribution is -2.50. The molecule has 0 radical (unpaired) electrons. The minimum Gasteiger partial charge on any atom is -0.387 e. The third-order valence-electron chi connectivity index (χ3n) is 4.08. The molecule has 15 nitrogen and oxygen atoms in total. The summed E-state index contributed by atoms with van der Waals surface area (Å²) in [6.07, 6.45) is -4.64. The average Bonchev–Trinajstić information content (AvgIpc) is 3.07. The fraction of sp³-hybridized carbons (Fsp3) is 0.800. The zero-order valence-electron chi connectivity index (χ0n) is 13.5. The largest absolute Gasteiger partial charge is 0.481 e. The summed E-state index contributed by atoms with van der Waals surface area (Å²) in [6.45, 7) is -0.594. The average molecular weight is 431 g/mol. The van der Waals surface area contributed by atoms with Gasteiger partial charge in [0.05, 0.1) is 13.3 Å². The van der Waals surface area contributed by atoms with Crippen molar-refractivity contribution < 1.29 is 47.6 Å². The molecule has 0 aromatic carbocycles. The van der Waals surface area contributed by atoms with Crippen LogP contribution in [0, 0.1) is 0 Å². The Bertz CT molecular complexity index is 729. The van der Waals surface area contributed by atoms with Crippen molar-refractivity contribution in [1.82, 2.24) is 10.2 Å². The van der Waals surface area contributed by atoms with Crippen LogP contribution < -0.4 is 11.1 Å². The molecular weight excluding hydrogens is 412 g/mol. The number of ether oxygens (including phenoxy) is 1. The second-order valence-corrected chi connectivity index (χ2v) is 8.76. The van der Waals surface area contributed by atoms with Gasteiger partial charge in [-0.2, -0.15) is 4.31 Å². The van der Waals surface area contributed by atoms with Gasteiger partial charge < -0.3 is 40.3 Å². The number of nitrogens with zero attached hydrogens (tertiary/aromatic N) is 3. The van der Waals surface area contributed by atoms with Crippen LogP contribution in [0.2, 0.25) is 0 Å². The molecule has 8 N–H and O–H groups in total. The summed E-state index contributed by atoms with van der Waals surface area (Å²) in [6, 6.07) is -0.410. The number of phosphoric acid groups is 2. The van der Waals surface area contributed by atoms with Gasteiger partial charge in [-0.25, -0.2) is 14.1 Å². The van der Waals surface area contributed by atoms with Crippen LogP contribution in [-0.2, 0) is 22.7 Å². The summed E-state index contributed by atoms with van der Waals surface area (Å²) < 4.78 is 35.7. The molecule has 3 rings (SSSR count). The van der Waals surface area contributed by atoms with Crippen LogP contribution in [0.1, 0.15) is 0 Å². The highest BCUT2D eigenvalue weighted by Gasteiger charge is 2.50. The number of nitrogens with two attached hydrogens (primary N) is 1. The van der Waals surface area contributed by atoms with Crippen molar-refractivity contribution in [2.24, 2.45) is 15.7 Å². The Balaban J connectivity index is 1.64. The molecule has 2 saturated heterocycles. The fourth-order valence-corrected chi connectivity index (χ4v) is 4.50. The van der Waals surface area contributed by atoms with E-state index in [1.165, 1.54) is 11.2 Å². The molecule has 0 amide bonds. The molecule has 7 atom stereocenters. The van der Waals surface area contributed by atoms with Crippen LogP contribution in [0.3, 0.4) is 0 Å². The molecule has 3 unspecified atom stereocenters. The maximum absolute atomic E-state index is 11.5. The molecule has 0 saturated carbocycles. The Hall–Kier alpha value is -0.800. The van der Waals surface area contributed by atoms with E-state index in [0.29, 0.717) is 5.84 Å². The summed E-state index contributed by atoms with van der Waals surface area (Å²) in [4.78, 5) is 35.9. The predicted octanol–water partition coefficient (Wildman–Crippen LogP) is -3.38. The standard InChI is InChI=1S/C10H19N5O10P2/c11-8-5-9(13-2-12-8)15(3-14-5)10-7(17)6(16)4(24-10)1-23-27(21,22)25-26(18,19)20/h2,4-8,10,14,16-17H,1,3,11H2,(H,21,22)(H2,18,19,20)/t4-,5?,6-,7-,8?,10-/m1/s1. The Morgan fingerprint density at radius 1 is 1.33 bits per heavy atom. The minimum atomic E-state index is -5.27. The first-order valence-electron chi connectivity index (χ1n) is 7.59. The first-order chi connectivity index (χ1) is 12.5. The van der Waals surface area contributed by atoms with Gasteiger partial charge in [-0.15, -0.1) is 0 Å². The Kier molecular flexibility index (Phi) is 5.85. The highest BCUT2D eigenvalue weighted by atomic mass is 31.3. The number of aliphatic hydroxyl groups excluding tert-OH is 2. The molecule has 17 heteroatoms. The zero-order valence-corrected chi connectivity index (χ0v) is 15.3. The number of amidine groups is 1. The first kappa shape index (κ1) is 20.9. The monoisotopic (exact) mass is 431 g/mol. The van der Waals surface area contributed by atoms with Crippen molar-refractivity contribution in [1.29, 1.82) is 0 Å². The molecule has 3 heterocycles. The van der Waals surface area contributed by atoms with Gasteiger partial charge in [0.2, 0.25) is 0 Å². The number of aliphatic imine (C=N–C) groups is 2. The zero-order chi connectivity index (χ0) is 20.0. The van der Waals surface area contributed by atoms with E-state index < -0.39 is 59.0 Å². The highest BCUT2D eigenvalue weighted by Crippen LogP contribution is 2.57. The van der Waals surface area contributed by atoms with E-state index in [2.05, 4.69) is 24.1 Å². The molecule has 3 aliphatic rings. The van der Waals surface area contributed by atoms with E-state index in [1.807, 2.05) is 0 Å². The van der Waals surface area contributed by atoms with Crippen molar-refractivity contribution in [3.05, 3.63) is 0 Å². The predicted molar refractivity (Wildman–Crippen MR) is 87.1 cm³/mol. The number of fused-ring (bicyclic) bond motifs is 1. The van der Waals surface area contributed by atoms with Gasteiger partial charge in [0, 0.05) is 0 Å². The number of hydrogen-bond donors (Lipinski definition) is 7. The summed E-state index contributed by atoms with van der Waals surface area (Å²) >= 11 is 0. The van der Waals surface area contributed by atoms with Gasteiger partial charge in [0.15, 0.2) is 6.23 Å². The third kappa shape index (κ3) is 4.62. The molecule has 0 aromatic rings. The minimum absolute atomic E-state index is 0.183. The van der Waals surface area contributed by atoms with Gasteiger partial charge in [0.1, 0.15) is 42.7 Å². The van der Waals surface area contributed by atoms with E-state index in [0.717, 1.165) is 0 Å². The Morgan fingerprint density at radius 3 is 2.70 bits per heavy atom. The van der Waals surface area contributed by atoms with Crippen molar-refractivity contribution in [3.8, 4) is 0 Å². The molecule has 0 aliphatic carbocycles. The van der Waals surface area contributed by atoms with E-state index in [1.54, 1.807) is 0 Å². The highest BCUT2D eigenvalue weighted by molar-refractivity contribution is 7.60. The van der Waals surface area contributed by atoms with Crippen LogP contribution >= 0.6 is 15.6 Å². The van der Waals surface area contributed by atoms with Crippen LogP contribution in [0.25, 0.3) is 0 Å². The smallest absolute Gasteiger partial charge is 0.387 e. The number of hydrogen-bond acceptors (Lipinski definition) is 12. The van der Waals surface area contributed by atoms with Crippen molar-refractivity contribution in [2.75, 3.05) is 13.3 Å². The lowest BCUT2D eigenvalue weighted by molar-refractivity contribution is -0.0687. The molecule has 2 fully saturated rings. The molecule has 27 heavy (non-hydrogen) atoms. The van der Waals surface area contributed by atoms with Crippen LogP contribution in [0.4, 0.5) is 0 Å². The second-order valence-electron chi connectivity index (χ2n) is 5.93. The molecular formula is C10H19N5O10P2. The third-order valence-corrected chi connectivity index (χ3v) is 6.23. The maximum Gasteiger partial charge on any atom is 0.481 e. The number of rotatable bonds is 6. The van der Waals surface area contributed by atoms with Crippen LogP contribution in [0.15, 0.2) is 9.98 Å². The van der Waals surface area contributed by atoms with Crippen molar-refractivity contribution >= 4 is 27.8 Å². The first-order valence-corrected chi connectivity index (χ1v) is 10.6. The van der Waals surface area contributed by atoms with Crippen molar-refractivity contribution in [3.63, 3.8) is 0 Å². The van der Waals surface area contributed by atoms with Gasteiger partial charge in [-0.1, -0.05) is 0 Å². The Morgan fingerprint density at radius 2 is 2.04 bits per heavy atom. The molecule has 154 valence electrons. The molecule has 0 aromatic heterocycles. The SMILES string of the molecule is NC1N=CN=C2C1NCN2[C@@H]1O[C@H](COP(=O)(O)OP(=O)(O)O)[C@@H](O)[C@H]1O. The molecule has 0 bridgehead atoms. The van der Waals surface area contributed by atoms with E-state index in [9.17, 15) is 24.2 Å². The van der Waals surface area contributed by atoms with E-state index in [4.69, 9.17) is 20.3 Å². The summed E-state index contributed by atoms with van der Waals surface area (Å²) in [5, 5.41) is 23.4. The second kappa shape index (κ2) is 7.55. The lowest BCUT2D eigenvalue weighted by Gasteiger charge is -2.29. The lowest BCUT2D eigenvalue weighted by atomic mass is 10.1. The van der Waals surface area contributed by atoms with Gasteiger partial charge in [-0.05, 0) is 0 Å². The van der Waals surface area contributed by atoms with Gasteiger partial charge >= 0.3 is 15.6 Å². The number of phosphoric ester groups is 1. The summed E-state index contributed by atoms with van der Waals surface area (Å²) in [5.41, 5.74) is 5.84. The fourth-order valence-electron chi connectivity index (χ4n) is 2.90. The summed E-state index contributed by atoms with van der Waals surface area (Å²) in [5.74, 6) is 0.438. The quantitative estimate of drug-likeness (QED) is 0.204. The normalized spacial score (nSPS) is 38.6. The topological polar surface area (TPSA) is 229 Å². The number of nitrogens with one attached hydrogen (secondary N) is 1. The molecule has 3 aliphatic heterocycles.